The van der Waals surface area contributed by atoms with Crippen molar-refractivity contribution in [3.05, 3.63) is 76.8 Å². The van der Waals surface area contributed by atoms with Crippen LogP contribution in [0.4, 0.5) is 0 Å². The molecule has 0 aliphatic rings. The molecule has 0 aromatic heterocycles. The number of nitrogens with one attached hydrogen (secondary N) is 1. The third kappa shape index (κ3) is 5.02. The van der Waals surface area contributed by atoms with Crippen LogP contribution < -0.4 is 11.2 Å². The number of hydrogen-bond acceptors (Lipinski definition) is 2. The summed E-state index contributed by atoms with van der Waals surface area (Å²) < 4.78 is 0. The number of nitrogens with zero attached hydrogens (tertiary/aromatic N) is 1. The van der Waals surface area contributed by atoms with Crippen molar-refractivity contribution in [1.29, 1.82) is 0 Å². The molecule has 0 amide bonds. The van der Waals surface area contributed by atoms with E-state index in [2.05, 4.69) is 10.5 Å². The molecule has 106 valence electrons. The lowest BCUT2D eigenvalue weighted by Crippen LogP contribution is -2.25. The molecule has 0 heterocycles. The van der Waals surface area contributed by atoms with Crippen LogP contribution in [0.1, 0.15) is 11.1 Å². The van der Waals surface area contributed by atoms with Gasteiger partial charge in [0.2, 0.25) is 0 Å². The van der Waals surface area contributed by atoms with Gasteiger partial charge in [0.25, 0.3) is 0 Å². The van der Waals surface area contributed by atoms with Crippen LogP contribution in [0.3, 0.4) is 0 Å². The molecule has 3 nitrogen and oxygen atoms in total. The van der Waals surface area contributed by atoms with Gasteiger partial charge in [-0.05, 0) is 36.0 Å². The van der Waals surface area contributed by atoms with Gasteiger partial charge in [0.05, 0.1) is 5.71 Å². The Balaban J connectivity index is 2.26. The minimum Gasteiger partial charge on any atom is -0.375 e. The van der Waals surface area contributed by atoms with Gasteiger partial charge in [-0.15, -0.1) is 0 Å². The van der Waals surface area contributed by atoms with Crippen LogP contribution in [0, 0.1) is 0 Å². The monoisotopic (exact) mass is 315 g/mol. The van der Waals surface area contributed by atoms with Gasteiger partial charge in [0, 0.05) is 10.6 Å². The van der Waals surface area contributed by atoms with Crippen molar-refractivity contribution in [1.82, 2.24) is 5.43 Å². The van der Waals surface area contributed by atoms with Gasteiger partial charge >= 0.3 is 0 Å². The van der Waals surface area contributed by atoms with Crippen molar-refractivity contribution >= 4 is 40.7 Å². The van der Waals surface area contributed by atoms with Crippen molar-refractivity contribution in [2.24, 2.45) is 10.8 Å². The maximum atomic E-state index is 5.87. The molecule has 2 aromatic carbocycles. The number of thiocarbonyl (C=S) groups is 1. The van der Waals surface area contributed by atoms with E-state index in [4.69, 9.17) is 29.6 Å². The first-order valence-electron chi connectivity index (χ1n) is 6.27. The molecule has 2 aromatic rings. The zero-order valence-corrected chi connectivity index (χ0v) is 12.7. The Morgan fingerprint density at radius 2 is 1.76 bits per heavy atom. The van der Waals surface area contributed by atoms with Crippen LogP contribution in [0.25, 0.3) is 6.08 Å². The average Bonchev–Trinajstić information content (AvgIpc) is 2.50. The van der Waals surface area contributed by atoms with Crippen molar-refractivity contribution in [3.8, 4) is 0 Å². The number of hydrazone groups is 1. The molecular weight excluding hydrogens is 302 g/mol. The third-order valence-corrected chi connectivity index (χ3v) is 3.00. The summed E-state index contributed by atoms with van der Waals surface area (Å²) in [5.74, 6) is 0. The maximum Gasteiger partial charge on any atom is 0.184 e. The molecule has 5 heteroatoms. The first-order valence-corrected chi connectivity index (χ1v) is 7.06. The van der Waals surface area contributed by atoms with Gasteiger partial charge in [-0.1, -0.05) is 60.1 Å². The number of rotatable bonds is 4. The summed E-state index contributed by atoms with van der Waals surface area (Å²) in [7, 11) is 0. The molecule has 0 fully saturated rings. The summed E-state index contributed by atoms with van der Waals surface area (Å²) in [5, 5.41) is 5.05. The smallest absolute Gasteiger partial charge is 0.184 e. The fraction of sp³-hybridized carbons (Fsp3) is 0. The van der Waals surface area contributed by atoms with Crippen LogP contribution in [0.5, 0.6) is 0 Å². The lowest BCUT2D eigenvalue weighted by molar-refractivity contribution is 1.03. The molecule has 0 bridgehead atoms. The topological polar surface area (TPSA) is 50.4 Å². The maximum absolute atomic E-state index is 5.87. The lowest BCUT2D eigenvalue weighted by atomic mass is 10.1. The molecular formula is C16H14ClN3S. The fourth-order valence-corrected chi connectivity index (χ4v) is 1.84. The summed E-state index contributed by atoms with van der Waals surface area (Å²) in [4.78, 5) is 0. The fourth-order valence-electron chi connectivity index (χ4n) is 1.67. The van der Waals surface area contributed by atoms with E-state index in [1.165, 1.54) is 0 Å². The van der Waals surface area contributed by atoms with Gasteiger partial charge < -0.3 is 5.73 Å². The second kappa shape index (κ2) is 7.57. The summed E-state index contributed by atoms with van der Waals surface area (Å²) >= 11 is 10.6. The number of allylic oxidation sites excluding steroid dienone is 1. The van der Waals surface area contributed by atoms with E-state index in [0.29, 0.717) is 5.02 Å². The Bertz CT molecular complexity index is 664. The second-order valence-corrected chi connectivity index (χ2v) is 5.10. The predicted octanol–water partition coefficient (Wildman–Crippen LogP) is 3.59. The predicted molar refractivity (Wildman–Crippen MR) is 93.4 cm³/mol. The van der Waals surface area contributed by atoms with E-state index < -0.39 is 0 Å². The highest BCUT2D eigenvalue weighted by Gasteiger charge is 1.99. The molecule has 3 N–H and O–H groups in total. The zero-order chi connectivity index (χ0) is 15.1. The quantitative estimate of drug-likeness (QED) is 0.515. The molecule has 0 aliphatic heterocycles. The summed E-state index contributed by atoms with van der Waals surface area (Å²) in [5.41, 5.74) is 10.8. The van der Waals surface area contributed by atoms with Crippen molar-refractivity contribution < 1.29 is 0 Å². The number of benzene rings is 2. The summed E-state index contributed by atoms with van der Waals surface area (Å²) in [6.45, 7) is 0. The van der Waals surface area contributed by atoms with Crippen LogP contribution in [-0.4, -0.2) is 10.8 Å². The minimum atomic E-state index is 0.128. The largest absolute Gasteiger partial charge is 0.375 e. The zero-order valence-electron chi connectivity index (χ0n) is 11.2. The van der Waals surface area contributed by atoms with Gasteiger partial charge in [-0.3, -0.25) is 5.43 Å². The van der Waals surface area contributed by atoms with Gasteiger partial charge in [-0.2, -0.15) is 5.10 Å². The Morgan fingerprint density at radius 1 is 1.10 bits per heavy atom. The highest BCUT2D eigenvalue weighted by Crippen LogP contribution is 2.11. The number of halogens is 1. The lowest BCUT2D eigenvalue weighted by Gasteiger charge is -2.03. The molecule has 21 heavy (non-hydrogen) atoms. The number of nitrogens with two attached hydrogens (primary N) is 1. The Hall–Kier alpha value is -2.17. The Morgan fingerprint density at radius 3 is 2.38 bits per heavy atom. The SMILES string of the molecule is NC(=S)N/N=C(\C=C\c1ccc(Cl)cc1)c1ccccc1. The van der Waals surface area contributed by atoms with Gasteiger partial charge in [0.15, 0.2) is 5.11 Å². The van der Waals surface area contributed by atoms with Crippen molar-refractivity contribution in [3.63, 3.8) is 0 Å². The van der Waals surface area contributed by atoms with Crippen LogP contribution in [0.2, 0.25) is 5.02 Å². The first kappa shape index (κ1) is 15.2. The first-order chi connectivity index (χ1) is 10.1. The third-order valence-electron chi connectivity index (χ3n) is 2.66. The average molecular weight is 316 g/mol. The second-order valence-electron chi connectivity index (χ2n) is 4.22. The molecule has 0 spiro atoms. The van der Waals surface area contributed by atoms with Crippen molar-refractivity contribution in [2.75, 3.05) is 0 Å². The standard InChI is InChI=1S/C16H14ClN3S/c17-14-9-6-12(7-10-14)8-11-15(19-20-16(18)21)13-4-2-1-3-5-13/h1-11H,(H3,18,20,21)/b11-8+,19-15+. The van der Waals surface area contributed by atoms with Gasteiger partial charge in [-0.25, -0.2) is 0 Å². The minimum absolute atomic E-state index is 0.128. The van der Waals surface area contributed by atoms with Crippen LogP contribution in [-0.2, 0) is 0 Å². The summed E-state index contributed by atoms with van der Waals surface area (Å²) in [6.07, 6.45) is 3.84. The highest BCUT2D eigenvalue weighted by atomic mass is 35.5. The van der Waals surface area contributed by atoms with Crippen molar-refractivity contribution in [2.45, 2.75) is 0 Å². The van der Waals surface area contributed by atoms with Gasteiger partial charge in [0.1, 0.15) is 0 Å². The normalized spacial score (nSPS) is 11.6. The van der Waals surface area contributed by atoms with E-state index in [-0.39, 0.29) is 5.11 Å². The van der Waals surface area contributed by atoms with E-state index in [1.54, 1.807) is 0 Å². The van der Waals surface area contributed by atoms with Crippen LogP contribution >= 0.6 is 23.8 Å². The molecule has 0 atom stereocenters. The highest BCUT2D eigenvalue weighted by molar-refractivity contribution is 7.80. The molecule has 0 saturated carbocycles. The molecule has 0 unspecified atom stereocenters. The Labute approximate surface area is 134 Å². The summed E-state index contributed by atoms with van der Waals surface area (Å²) in [6, 6.07) is 17.3. The number of hydrogen-bond donors (Lipinski definition) is 2. The van der Waals surface area contributed by atoms with E-state index in [1.807, 2.05) is 66.7 Å². The van der Waals surface area contributed by atoms with E-state index >= 15 is 0 Å². The van der Waals surface area contributed by atoms with E-state index in [0.717, 1.165) is 16.8 Å². The van der Waals surface area contributed by atoms with E-state index in [9.17, 15) is 0 Å². The molecule has 2 rings (SSSR count). The molecule has 0 saturated heterocycles. The van der Waals surface area contributed by atoms with Crippen LogP contribution in [0.15, 0.2) is 65.8 Å². The molecule has 0 aliphatic carbocycles. The Kier molecular flexibility index (Phi) is 5.49. The molecule has 0 radical (unpaired) electrons.